The van der Waals surface area contributed by atoms with E-state index in [9.17, 15) is 4.79 Å². The molecule has 0 aliphatic rings. The Bertz CT molecular complexity index is 240. The van der Waals surface area contributed by atoms with Gasteiger partial charge >= 0.3 is 5.97 Å². The molecule has 0 fully saturated rings. The van der Waals surface area contributed by atoms with Crippen molar-refractivity contribution < 1.29 is 9.90 Å². The van der Waals surface area contributed by atoms with Gasteiger partial charge in [0, 0.05) is 25.2 Å². The molecule has 0 heterocycles. The van der Waals surface area contributed by atoms with E-state index >= 15 is 0 Å². The SMILES string of the molecule is C=CCC(=C(C)C(=O)O)N(CC)CC. The van der Waals surface area contributed by atoms with Crippen LogP contribution in [-0.4, -0.2) is 29.1 Å². The van der Waals surface area contributed by atoms with E-state index in [4.69, 9.17) is 5.11 Å². The van der Waals surface area contributed by atoms with Gasteiger partial charge in [0.25, 0.3) is 0 Å². The van der Waals surface area contributed by atoms with Gasteiger partial charge in [0.1, 0.15) is 0 Å². The predicted molar refractivity (Wildman–Crippen MR) is 58.1 cm³/mol. The van der Waals surface area contributed by atoms with Crippen LogP contribution in [0.5, 0.6) is 0 Å². The van der Waals surface area contributed by atoms with Crippen molar-refractivity contribution in [1.29, 1.82) is 0 Å². The second kappa shape index (κ2) is 6.24. The van der Waals surface area contributed by atoms with E-state index < -0.39 is 5.97 Å². The minimum Gasteiger partial charge on any atom is -0.478 e. The number of carbonyl (C=O) groups is 1. The Morgan fingerprint density at radius 3 is 2.21 bits per heavy atom. The first-order valence-corrected chi connectivity index (χ1v) is 4.87. The molecule has 0 saturated carbocycles. The van der Waals surface area contributed by atoms with Crippen molar-refractivity contribution in [2.24, 2.45) is 0 Å². The molecule has 0 radical (unpaired) electrons. The number of carboxylic acid groups (broad SMARTS) is 1. The topological polar surface area (TPSA) is 40.5 Å². The van der Waals surface area contributed by atoms with Gasteiger partial charge < -0.3 is 10.0 Å². The van der Waals surface area contributed by atoms with Gasteiger partial charge in [-0.05, 0) is 20.8 Å². The van der Waals surface area contributed by atoms with E-state index in [0.29, 0.717) is 12.0 Å². The minimum atomic E-state index is -0.853. The molecule has 0 bridgehead atoms. The second-order valence-corrected chi connectivity index (χ2v) is 3.04. The van der Waals surface area contributed by atoms with Crippen molar-refractivity contribution in [2.45, 2.75) is 27.2 Å². The number of hydrogen-bond acceptors (Lipinski definition) is 2. The molecule has 14 heavy (non-hydrogen) atoms. The zero-order valence-corrected chi connectivity index (χ0v) is 9.21. The second-order valence-electron chi connectivity index (χ2n) is 3.04. The Morgan fingerprint density at radius 1 is 1.43 bits per heavy atom. The quantitative estimate of drug-likeness (QED) is 0.524. The zero-order chi connectivity index (χ0) is 11.1. The van der Waals surface area contributed by atoms with Crippen LogP contribution < -0.4 is 0 Å². The zero-order valence-electron chi connectivity index (χ0n) is 9.21. The van der Waals surface area contributed by atoms with Crippen molar-refractivity contribution in [2.75, 3.05) is 13.1 Å². The highest BCUT2D eigenvalue weighted by molar-refractivity contribution is 5.86. The summed E-state index contributed by atoms with van der Waals surface area (Å²) >= 11 is 0. The number of allylic oxidation sites excluding steroid dienone is 1. The predicted octanol–water partition coefficient (Wildman–Crippen LogP) is 2.26. The lowest BCUT2D eigenvalue weighted by Gasteiger charge is -2.25. The Morgan fingerprint density at radius 2 is 1.93 bits per heavy atom. The Balaban J connectivity index is 4.98. The van der Waals surface area contributed by atoms with E-state index in [1.54, 1.807) is 13.0 Å². The smallest absolute Gasteiger partial charge is 0.333 e. The van der Waals surface area contributed by atoms with Gasteiger partial charge in [0.15, 0.2) is 0 Å². The fourth-order valence-electron chi connectivity index (χ4n) is 1.38. The molecule has 0 spiro atoms. The van der Waals surface area contributed by atoms with Gasteiger partial charge in [-0.15, -0.1) is 6.58 Å². The van der Waals surface area contributed by atoms with Crippen LogP contribution in [0.1, 0.15) is 27.2 Å². The first-order chi connectivity index (χ1) is 6.58. The van der Waals surface area contributed by atoms with Crippen LogP contribution in [0.15, 0.2) is 23.9 Å². The summed E-state index contributed by atoms with van der Waals surface area (Å²) in [7, 11) is 0. The lowest BCUT2D eigenvalue weighted by molar-refractivity contribution is -0.132. The summed E-state index contributed by atoms with van der Waals surface area (Å²) in [4.78, 5) is 12.9. The van der Waals surface area contributed by atoms with E-state index in [2.05, 4.69) is 6.58 Å². The van der Waals surface area contributed by atoms with Gasteiger partial charge in [-0.1, -0.05) is 6.08 Å². The highest BCUT2D eigenvalue weighted by Crippen LogP contribution is 2.14. The van der Waals surface area contributed by atoms with Crippen molar-refractivity contribution >= 4 is 5.97 Å². The van der Waals surface area contributed by atoms with Crippen molar-refractivity contribution in [3.8, 4) is 0 Å². The maximum atomic E-state index is 10.8. The van der Waals surface area contributed by atoms with Crippen LogP contribution in [0.4, 0.5) is 0 Å². The van der Waals surface area contributed by atoms with Crippen molar-refractivity contribution in [3.63, 3.8) is 0 Å². The molecule has 0 aromatic carbocycles. The van der Waals surface area contributed by atoms with Crippen LogP contribution >= 0.6 is 0 Å². The molecule has 0 saturated heterocycles. The molecule has 3 nitrogen and oxygen atoms in total. The first kappa shape index (κ1) is 12.8. The average Bonchev–Trinajstić information content (AvgIpc) is 2.17. The number of rotatable bonds is 6. The highest BCUT2D eigenvalue weighted by atomic mass is 16.4. The third kappa shape index (κ3) is 3.24. The van der Waals surface area contributed by atoms with Gasteiger partial charge in [-0.2, -0.15) is 0 Å². The van der Waals surface area contributed by atoms with E-state index in [1.807, 2.05) is 18.7 Å². The Labute approximate surface area is 85.7 Å². The van der Waals surface area contributed by atoms with Crippen molar-refractivity contribution in [3.05, 3.63) is 23.9 Å². The molecular weight excluding hydrogens is 178 g/mol. The summed E-state index contributed by atoms with van der Waals surface area (Å²) in [5.41, 5.74) is 1.27. The van der Waals surface area contributed by atoms with Crippen LogP contribution in [0.2, 0.25) is 0 Å². The Hall–Kier alpha value is -1.25. The van der Waals surface area contributed by atoms with Gasteiger partial charge in [0.05, 0.1) is 5.57 Å². The van der Waals surface area contributed by atoms with Crippen LogP contribution in [0, 0.1) is 0 Å². The summed E-state index contributed by atoms with van der Waals surface area (Å²) < 4.78 is 0. The molecule has 0 unspecified atom stereocenters. The fourth-order valence-corrected chi connectivity index (χ4v) is 1.38. The normalized spacial score (nSPS) is 11.9. The van der Waals surface area contributed by atoms with Crippen LogP contribution in [0.3, 0.4) is 0 Å². The lowest BCUT2D eigenvalue weighted by Crippen LogP contribution is -2.24. The van der Waals surface area contributed by atoms with E-state index in [-0.39, 0.29) is 0 Å². The Kier molecular flexibility index (Phi) is 5.68. The molecule has 0 atom stereocenters. The number of carboxylic acids is 1. The molecule has 0 aromatic rings. The molecule has 80 valence electrons. The van der Waals surface area contributed by atoms with Gasteiger partial charge in [0.2, 0.25) is 0 Å². The third-order valence-electron chi connectivity index (χ3n) is 2.24. The van der Waals surface area contributed by atoms with Crippen LogP contribution in [-0.2, 0) is 4.79 Å². The summed E-state index contributed by atoms with van der Waals surface area (Å²) in [6, 6.07) is 0. The molecular formula is C11H19NO2. The van der Waals surface area contributed by atoms with Gasteiger partial charge in [-0.25, -0.2) is 4.79 Å². The maximum Gasteiger partial charge on any atom is 0.333 e. The minimum absolute atomic E-state index is 0.411. The summed E-state index contributed by atoms with van der Waals surface area (Å²) in [6.07, 6.45) is 2.35. The first-order valence-electron chi connectivity index (χ1n) is 4.87. The summed E-state index contributed by atoms with van der Waals surface area (Å²) in [5, 5.41) is 8.90. The monoisotopic (exact) mass is 197 g/mol. The highest BCUT2D eigenvalue weighted by Gasteiger charge is 2.12. The van der Waals surface area contributed by atoms with Crippen LogP contribution in [0.25, 0.3) is 0 Å². The number of nitrogens with zero attached hydrogens (tertiary/aromatic N) is 1. The average molecular weight is 197 g/mol. The fraction of sp³-hybridized carbons (Fsp3) is 0.545. The number of hydrogen-bond donors (Lipinski definition) is 1. The molecule has 3 heteroatoms. The molecule has 1 N–H and O–H groups in total. The lowest BCUT2D eigenvalue weighted by atomic mass is 10.1. The largest absolute Gasteiger partial charge is 0.478 e. The molecule has 0 aliphatic carbocycles. The summed E-state index contributed by atoms with van der Waals surface area (Å²) in [6.45, 7) is 11.0. The van der Waals surface area contributed by atoms with E-state index in [1.165, 1.54) is 0 Å². The van der Waals surface area contributed by atoms with Gasteiger partial charge in [-0.3, -0.25) is 0 Å². The third-order valence-corrected chi connectivity index (χ3v) is 2.24. The van der Waals surface area contributed by atoms with Crippen molar-refractivity contribution in [1.82, 2.24) is 4.90 Å². The molecule has 0 aliphatic heterocycles. The number of aliphatic carboxylic acids is 1. The maximum absolute atomic E-state index is 10.8. The summed E-state index contributed by atoms with van der Waals surface area (Å²) in [5.74, 6) is -0.853. The molecule has 0 rings (SSSR count). The molecule has 0 amide bonds. The van der Waals surface area contributed by atoms with E-state index in [0.717, 1.165) is 18.8 Å². The molecule has 0 aromatic heterocycles. The standard InChI is InChI=1S/C11H19NO2/c1-5-8-10(9(4)11(13)14)12(6-2)7-3/h5H,1,6-8H2,2-4H3,(H,13,14).